The van der Waals surface area contributed by atoms with Gasteiger partial charge < -0.3 is 10.1 Å². The minimum atomic E-state index is -0.790. The number of fused-ring (bicyclic) bond motifs is 1. The first kappa shape index (κ1) is 20.1. The molecule has 158 valence electrons. The molecule has 0 spiro atoms. The van der Waals surface area contributed by atoms with Crippen molar-refractivity contribution in [1.29, 1.82) is 0 Å². The molecule has 4 aromatic rings. The zero-order valence-corrected chi connectivity index (χ0v) is 17.9. The van der Waals surface area contributed by atoms with E-state index < -0.39 is 17.7 Å². The zero-order chi connectivity index (χ0) is 22.4. The van der Waals surface area contributed by atoms with Crippen LogP contribution in [0.3, 0.4) is 0 Å². The van der Waals surface area contributed by atoms with E-state index in [4.69, 9.17) is 11.6 Å². The molecule has 1 fully saturated rings. The van der Waals surface area contributed by atoms with Gasteiger partial charge in [-0.1, -0.05) is 66.2 Å². The lowest BCUT2D eigenvalue weighted by Crippen LogP contribution is -2.30. The number of aliphatic hydroxyl groups is 1. The zero-order valence-electron chi connectivity index (χ0n) is 17.2. The van der Waals surface area contributed by atoms with Gasteiger partial charge in [-0.05, 0) is 36.2 Å². The summed E-state index contributed by atoms with van der Waals surface area (Å²) in [5.74, 6) is -1.65. The molecule has 5 rings (SSSR count). The first-order valence-corrected chi connectivity index (χ1v) is 10.5. The average molecular weight is 443 g/mol. The highest BCUT2D eigenvalue weighted by Gasteiger charge is 2.47. The van der Waals surface area contributed by atoms with E-state index in [0.29, 0.717) is 21.8 Å². The Balaban J connectivity index is 1.78. The van der Waals surface area contributed by atoms with Crippen LogP contribution in [0.2, 0.25) is 5.02 Å². The van der Waals surface area contributed by atoms with Gasteiger partial charge in [0, 0.05) is 33.4 Å². The molecule has 32 heavy (non-hydrogen) atoms. The van der Waals surface area contributed by atoms with Crippen LogP contribution in [0.15, 0.2) is 84.6 Å². The number of rotatable bonds is 3. The van der Waals surface area contributed by atoms with Crippen LogP contribution in [0.4, 0.5) is 5.69 Å². The molecule has 1 atom stereocenters. The Morgan fingerprint density at radius 2 is 1.72 bits per heavy atom. The standard InChI is InChI=1S/C26H19ClN2O3/c1-15-11-12-17(27)13-21(15)29-23(16-7-3-2-4-8-16)22(25(31)26(29)32)24(30)19-14-28-20-10-6-5-9-18(19)20/h2-14,23,28,30H,1H3/b24-22-. The van der Waals surface area contributed by atoms with E-state index in [0.717, 1.165) is 16.5 Å². The van der Waals surface area contributed by atoms with Gasteiger partial charge in [0.15, 0.2) is 0 Å². The summed E-state index contributed by atoms with van der Waals surface area (Å²) in [7, 11) is 0. The SMILES string of the molecule is Cc1ccc(Cl)cc1N1C(=O)C(=O)/C(=C(\O)c2c[nH]c3ccccc23)C1c1ccccc1. The predicted octanol–water partition coefficient (Wildman–Crippen LogP) is 5.76. The minimum Gasteiger partial charge on any atom is -0.507 e. The highest BCUT2D eigenvalue weighted by molar-refractivity contribution is 6.52. The molecule has 1 amide bonds. The van der Waals surface area contributed by atoms with Gasteiger partial charge in [0.2, 0.25) is 0 Å². The van der Waals surface area contributed by atoms with E-state index in [2.05, 4.69) is 4.98 Å². The third-order valence-electron chi connectivity index (χ3n) is 5.83. The average Bonchev–Trinajstić information content (AvgIpc) is 3.35. The van der Waals surface area contributed by atoms with Crippen LogP contribution in [0, 0.1) is 6.92 Å². The Kier molecular flexibility index (Phi) is 4.83. The molecule has 5 nitrogen and oxygen atoms in total. The number of carbonyl (C=O) groups excluding carboxylic acids is 2. The maximum absolute atomic E-state index is 13.3. The molecular weight excluding hydrogens is 424 g/mol. The molecule has 0 aliphatic carbocycles. The molecular formula is C26H19ClN2O3. The second-order valence-electron chi connectivity index (χ2n) is 7.76. The van der Waals surface area contributed by atoms with Gasteiger partial charge in [0.1, 0.15) is 5.76 Å². The number of anilines is 1. The number of nitrogens with zero attached hydrogens (tertiary/aromatic N) is 1. The van der Waals surface area contributed by atoms with Crippen molar-refractivity contribution in [1.82, 2.24) is 4.98 Å². The van der Waals surface area contributed by atoms with Crippen LogP contribution in [0.1, 0.15) is 22.7 Å². The number of hydrogen-bond acceptors (Lipinski definition) is 3. The number of halogens is 1. The van der Waals surface area contributed by atoms with Gasteiger partial charge in [-0.15, -0.1) is 0 Å². The number of Topliss-reactive ketones (excluding diaryl/α,β-unsaturated/α-hetero) is 1. The molecule has 0 bridgehead atoms. The van der Waals surface area contributed by atoms with Crippen molar-refractivity contribution >= 4 is 45.6 Å². The first-order chi connectivity index (χ1) is 15.5. The van der Waals surface area contributed by atoms with Crippen molar-refractivity contribution in [3.05, 3.63) is 106 Å². The summed E-state index contributed by atoms with van der Waals surface area (Å²) in [4.78, 5) is 31.1. The lowest BCUT2D eigenvalue weighted by molar-refractivity contribution is -0.132. The van der Waals surface area contributed by atoms with Crippen molar-refractivity contribution in [3.8, 4) is 0 Å². The quantitative estimate of drug-likeness (QED) is 0.241. The summed E-state index contributed by atoms with van der Waals surface area (Å²) in [5, 5.41) is 12.6. The molecule has 2 heterocycles. The number of ketones is 1. The molecule has 1 unspecified atom stereocenters. The number of amides is 1. The second-order valence-corrected chi connectivity index (χ2v) is 8.19. The third-order valence-corrected chi connectivity index (χ3v) is 6.07. The summed E-state index contributed by atoms with van der Waals surface area (Å²) in [6.07, 6.45) is 1.65. The highest BCUT2D eigenvalue weighted by Crippen LogP contribution is 2.44. The highest BCUT2D eigenvalue weighted by atomic mass is 35.5. The van der Waals surface area contributed by atoms with Gasteiger partial charge in [0.25, 0.3) is 11.7 Å². The maximum atomic E-state index is 13.3. The molecule has 0 radical (unpaired) electrons. The molecule has 1 aliphatic rings. The van der Waals surface area contributed by atoms with Gasteiger partial charge >= 0.3 is 0 Å². The summed E-state index contributed by atoms with van der Waals surface area (Å²) in [6.45, 7) is 1.85. The number of aromatic amines is 1. The van der Waals surface area contributed by atoms with Crippen LogP contribution in [0.25, 0.3) is 16.7 Å². The molecule has 6 heteroatoms. The Morgan fingerprint density at radius 3 is 2.50 bits per heavy atom. The van der Waals surface area contributed by atoms with Crippen molar-refractivity contribution in [2.75, 3.05) is 4.90 Å². The van der Waals surface area contributed by atoms with Crippen LogP contribution in [-0.2, 0) is 9.59 Å². The molecule has 3 aromatic carbocycles. The van der Waals surface area contributed by atoms with E-state index in [1.807, 2.05) is 61.5 Å². The number of aryl methyl sites for hydroxylation is 1. The third kappa shape index (κ3) is 3.10. The summed E-state index contributed by atoms with van der Waals surface area (Å²) in [5.41, 5.74) is 3.39. The molecule has 1 aliphatic heterocycles. The first-order valence-electron chi connectivity index (χ1n) is 10.2. The lowest BCUT2D eigenvalue weighted by Gasteiger charge is -2.27. The Labute approximate surface area is 189 Å². The Morgan fingerprint density at radius 1 is 1.00 bits per heavy atom. The van der Waals surface area contributed by atoms with Gasteiger partial charge in [-0.3, -0.25) is 14.5 Å². The van der Waals surface area contributed by atoms with Gasteiger partial charge in [0.05, 0.1) is 11.6 Å². The van der Waals surface area contributed by atoms with E-state index in [9.17, 15) is 14.7 Å². The fraction of sp³-hybridized carbons (Fsp3) is 0.0769. The van der Waals surface area contributed by atoms with E-state index >= 15 is 0 Å². The van der Waals surface area contributed by atoms with E-state index in [-0.39, 0.29) is 11.3 Å². The maximum Gasteiger partial charge on any atom is 0.300 e. The van der Waals surface area contributed by atoms with E-state index in [1.54, 1.807) is 24.4 Å². The van der Waals surface area contributed by atoms with Crippen LogP contribution in [0.5, 0.6) is 0 Å². The van der Waals surface area contributed by atoms with Crippen LogP contribution < -0.4 is 4.90 Å². The minimum absolute atomic E-state index is 0.0466. The van der Waals surface area contributed by atoms with Crippen molar-refractivity contribution in [3.63, 3.8) is 0 Å². The van der Waals surface area contributed by atoms with Gasteiger partial charge in [-0.25, -0.2) is 0 Å². The molecule has 1 aromatic heterocycles. The number of H-pyrrole nitrogens is 1. The van der Waals surface area contributed by atoms with E-state index in [1.165, 1.54) is 4.90 Å². The number of aromatic nitrogens is 1. The topological polar surface area (TPSA) is 73.4 Å². The number of benzene rings is 3. The van der Waals surface area contributed by atoms with Crippen molar-refractivity contribution < 1.29 is 14.7 Å². The Hall–Kier alpha value is -3.83. The van der Waals surface area contributed by atoms with Crippen LogP contribution >= 0.6 is 11.6 Å². The fourth-order valence-corrected chi connectivity index (χ4v) is 4.45. The summed E-state index contributed by atoms with van der Waals surface area (Å²) >= 11 is 6.23. The fourth-order valence-electron chi connectivity index (χ4n) is 4.29. The number of hydrogen-bond donors (Lipinski definition) is 2. The molecule has 1 saturated heterocycles. The van der Waals surface area contributed by atoms with Crippen molar-refractivity contribution in [2.24, 2.45) is 0 Å². The summed E-state index contributed by atoms with van der Waals surface area (Å²) in [6, 6.07) is 21.1. The summed E-state index contributed by atoms with van der Waals surface area (Å²) < 4.78 is 0. The number of aliphatic hydroxyl groups excluding tert-OH is 1. The smallest absolute Gasteiger partial charge is 0.300 e. The predicted molar refractivity (Wildman–Crippen MR) is 126 cm³/mol. The monoisotopic (exact) mass is 442 g/mol. The van der Waals surface area contributed by atoms with Gasteiger partial charge in [-0.2, -0.15) is 0 Å². The van der Waals surface area contributed by atoms with Crippen LogP contribution in [-0.4, -0.2) is 21.8 Å². The number of carbonyl (C=O) groups is 2. The number of para-hydroxylation sites is 1. The lowest BCUT2D eigenvalue weighted by atomic mass is 9.95. The normalized spacial score (nSPS) is 17.9. The largest absolute Gasteiger partial charge is 0.507 e. The Bertz CT molecular complexity index is 1410. The molecule has 2 N–H and O–H groups in total. The second kappa shape index (κ2) is 7.70. The number of nitrogens with one attached hydrogen (secondary N) is 1. The van der Waals surface area contributed by atoms with Crippen molar-refractivity contribution in [2.45, 2.75) is 13.0 Å². The molecule has 0 saturated carbocycles.